The molecule has 7 nitrogen and oxygen atoms in total. The third kappa shape index (κ3) is 2.70. The quantitative estimate of drug-likeness (QED) is 0.735. The van der Waals surface area contributed by atoms with Crippen molar-refractivity contribution in [2.45, 2.75) is 6.42 Å². The lowest BCUT2D eigenvalue weighted by Crippen LogP contribution is -2.16. The van der Waals surface area contributed by atoms with E-state index in [9.17, 15) is 9.59 Å². The van der Waals surface area contributed by atoms with Crippen LogP contribution in [0, 0.1) is 0 Å². The lowest BCUT2D eigenvalue weighted by molar-refractivity contribution is -0.115. The Morgan fingerprint density at radius 1 is 1.22 bits per heavy atom. The zero-order chi connectivity index (χ0) is 13.0. The van der Waals surface area contributed by atoms with E-state index in [0.717, 1.165) is 5.56 Å². The van der Waals surface area contributed by atoms with Crippen LogP contribution in [-0.2, 0) is 11.2 Å². The van der Waals surface area contributed by atoms with Crippen LogP contribution in [0.15, 0.2) is 30.3 Å². The third-order valence-corrected chi connectivity index (χ3v) is 2.22. The lowest BCUT2D eigenvalue weighted by Gasteiger charge is -2.02. The summed E-state index contributed by atoms with van der Waals surface area (Å²) in [4.78, 5) is 22.4. The van der Waals surface area contributed by atoms with Gasteiger partial charge in [0, 0.05) is 0 Å². The molecule has 0 saturated heterocycles. The topological polar surface area (TPSA) is 108 Å². The second-order valence-corrected chi connectivity index (χ2v) is 3.54. The largest absolute Gasteiger partial charge is 0.476 e. The van der Waals surface area contributed by atoms with Crippen LogP contribution in [-0.4, -0.2) is 32.4 Å². The second kappa shape index (κ2) is 5.09. The number of H-pyrrole nitrogens is 1. The summed E-state index contributed by atoms with van der Waals surface area (Å²) in [7, 11) is 0. The van der Waals surface area contributed by atoms with Gasteiger partial charge in [0.05, 0.1) is 6.42 Å². The van der Waals surface area contributed by atoms with Crippen LogP contribution < -0.4 is 5.32 Å². The fraction of sp³-hybridized carbons (Fsp3) is 0.0909. The Bertz CT molecular complexity index is 565. The zero-order valence-corrected chi connectivity index (χ0v) is 9.25. The standard InChI is InChI=1S/C11H10N4O3/c16-8(6-7-4-2-1-3-5-7)12-10-9(11(17)18)13-15-14-10/h1-5H,6H2,(H,17,18)(H2,12,13,14,15,16). The molecule has 92 valence electrons. The first kappa shape index (κ1) is 11.8. The molecule has 0 bridgehead atoms. The average molecular weight is 246 g/mol. The highest BCUT2D eigenvalue weighted by molar-refractivity contribution is 5.98. The van der Waals surface area contributed by atoms with E-state index in [2.05, 4.69) is 20.7 Å². The number of hydrogen-bond acceptors (Lipinski definition) is 4. The van der Waals surface area contributed by atoms with Gasteiger partial charge in [0.2, 0.25) is 11.6 Å². The maximum Gasteiger partial charge on any atom is 0.360 e. The number of carboxylic acids is 1. The SMILES string of the molecule is O=C(Cc1ccccc1)Nc1n[nH]nc1C(=O)O. The predicted octanol–water partition coefficient (Wildman–Crippen LogP) is 0.684. The maximum absolute atomic E-state index is 11.7. The summed E-state index contributed by atoms with van der Waals surface area (Å²) in [6.45, 7) is 0. The van der Waals surface area contributed by atoms with Gasteiger partial charge in [0.25, 0.3) is 0 Å². The number of carbonyl (C=O) groups is 2. The van der Waals surface area contributed by atoms with Crippen LogP contribution in [0.3, 0.4) is 0 Å². The van der Waals surface area contributed by atoms with Gasteiger partial charge in [-0.05, 0) is 5.56 Å². The Morgan fingerprint density at radius 2 is 1.94 bits per heavy atom. The van der Waals surface area contributed by atoms with Gasteiger partial charge in [-0.3, -0.25) is 4.79 Å². The molecule has 0 spiro atoms. The van der Waals surface area contributed by atoms with Crippen LogP contribution in [0.4, 0.5) is 5.82 Å². The smallest absolute Gasteiger partial charge is 0.360 e. The van der Waals surface area contributed by atoms with E-state index in [4.69, 9.17) is 5.11 Å². The van der Waals surface area contributed by atoms with Gasteiger partial charge in [-0.1, -0.05) is 30.3 Å². The fourth-order valence-electron chi connectivity index (χ4n) is 1.42. The van der Waals surface area contributed by atoms with Crippen molar-refractivity contribution in [3.8, 4) is 0 Å². The number of nitrogens with one attached hydrogen (secondary N) is 2. The van der Waals surface area contributed by atoms with Crippen molar-refractivity contribution in [3.05, 3.63) is 41.6 Å². The molecule has 1 heterocycles. The molecule has 0 aliphatic heterocycles. The monoisotopic (exact) mass is 246 g/mol. The van der Waals surface area contributed by atoms with Crippen molar-refractivity contribution >= 4 is 17.7 Å². The highest BCUT2D eigenvalue weighted by atomic mass is 16.4. The van der Waals surface area contributed by atoms with Gasteiger partial charge in [-0.25, -0.2) is 4.79 Å². The van der Waals surface area contributed by atoms with Gasteiger partial charge in [-0.15, -0.1) is 10.2 Å². The van der Waals surface area contributed by atoms with Gasteiger partial charge in [0.1, 0.15) is 0 Å². The number of aromatic amines is 1. The molecule has 1 aromatic carbocycles. The fourth-order valence-corrected chi connectivity index (χ4v) is 1.42. The molecule has 7 heteroatoms. The predicted molar refractivity (Wildman–Crippen MR) is 62.1 cm³/mol. The Labute approximate surface area is 102 Å². The Morgan fingerprint density at radius 3 is 2.61 bits per heavy atom. The number of anilines is 1. The van der Waals surface area contributed by atoms with Crippen molar-refractivity contribution in [2.24, 2.45) is 0 Å². The first-order valence-corrected chi connectivity index (χ1v) is 5.14. The van der Waals surface area contributed by atoms with Crippen molar-refractivity contribution in [1.82, 2.24) is 15.4 Å². The van der Waals surface area contributed by atoms with E-state index < -0.39 is 5.97 Å². The Hall–Kier alpha value is -2.70. The highest BCUT2D eigenvalue weighted by Crippen LogP contribution is 2.08. The van der Waals surface area contributed by atoms with Crippen LogP contribution in [0.2, 0.25) is 0 Å². The van der Waals surface area contributed by atoms with E-state index in [-0.39, 0.29) is 23.8 Å². The minimum Gasteiger partial charge on any atom is -0.476 e. The lowest BCUT2D eigenvalue weighted by atomic mass is 10.1. The molecular formula is C11H10N4O3. The molecule has 0 atom stereocenters. The van der Waals surface area contributed by atoms with Crippen LogP contribution in [0.1, 0.15) is 16.1 Å². The van der Waals surface area contributed by atoms with E-state index in [1.807, 2.05) is 18.2 Å². The van der Waals surface area contributed by atoms with Gasteiger partial charge in [0.15, 0.2) is 5.82 Å². The molecule has 1 aromatic heterocycles. The van der Waals surface area contributed by atoms with Crippen LogP contribution in [0.25, 0.3) is 0 Å². The molecule has 2 rings (SSSR count). The van der Waals surface area contributed by atoms with E-state index >= 15 is 0 Å². The third-order valence-electron chi connectivity index (χ3n) is 2.22. The van der Waals surface area contributed by atoms with Crippen molar-refractivity contribution < 1.29 is 14.7 Å². The number of hydrogen-bond donors (Lipinski definition) is 3. The van der Waals surface area contributed by atoms with Crippen LogP contribution >= 0.6 is 0 Å². The molecule has 3 N–H and O–H groups in total. The summed E-state index contributed by atoms with van der Waals surface area (Å²) in [6.07, 6.45) is 0.146. The average Bonchev–Trinajstić information content (AvgIpc) is 2.78. The maximum atomic E-state index is 11.7. The first-order chi connectivity index (χ1) is 8.66. The zero-order valence-electron chi connectivity index (χ0n) is 9.25. The number of benzene rings is 1. The minimum atomic E-state index is -1.25. The Kier molecular flexibility index (Phi) is 3.33. The molecule has 1 amide bonds. The van der Waals surface area contributed by atoms with Crippen molar-refractivity contribution in [3.63, 3.8) is 0 Å². The number of carboxylic acid groups (broad SMARTS) is 1. The van der Waals surface area contributed by atoms with E-state index in [1.54, 1.807) is 12.1 Å². The molecule has 0 aliphatic carbocycles. The first-order valence-electron chi connectivity index (χ1n) is 5.14. The molecule has 0 fully saturated rings. The molecule has 2 aromatic rings. The summed E-state index contributed by atoms with van der Waals surface area (Å²) < 4.78 is 0. The number of aromatic carboxylic acids is 1. The van der Waals surface area contributed by atoms with Gasteiger partial charge >= 0.3 is 5.97 Å². The summed E-state index contributed by atoms with van der Waals surface area (Å²) in [5.74, 6) is -1.68. The van der Waals surface area contributed by atoms with Gasteiger partial charge in [-0.2, -0.15) is 5.21 Å². The second-order valence-electron chi connectivity index (χ2n) is 3.54. The van der Waals surface area contributed by atoms with Gasteiger partial charge < -0.3 is 10.4 Å². The van der Waals surface area contributed by atoms with Crippen molar-refractivity contribution in [2.75, 3.05) is 5.32 Å². The number of amides is 1. The number of nitrogens with zero attached hydrogens (tertiary/aromatic N) is 2. The molecule has 0 radical (unpaired) electrons. The molecule has 0 unspecified atom stereocenters. The number of aromatic nitrogens is 3. The molecular weight excluding hydrogens is 236 g/mol. The summed E-state index contributed by atoms with van der Waals surface area (Å²) in [6, 6.07) is 9.10. The molecule has 0 aliphatic rings. The summed E-state index contributed by atoms with van der Waals surface area (Å²) in [5, 5.41) is 20.3. The number of rotatable bonds is 4. The van der Waals surface area contributed by atoms with Crippen molar-refractivity contribution in [1.29, 1.82) is 0 Å². The molecule has 0 saturated carbocycles. The van der Waals surface area contributed by atoms with Crippen LogP contribution in [0.5, 0.6) is 0 Å². The van der Waals surface area contributed by atoms with E-state index in [1.165, 1.54) is 0 Å². The Balaban J connectivity index is 2.04. The normalized spacial score (nSPS) is 10.0. The molecule has 18 heavy (non-hydrogen) atoms. The summed E-state index contributed by atoms with van der Waals surface area (Å²) in [5.41, 5.74) is 0.520. The number of carbonyl (C=O) groups excluding carboxylic acids is 1. The summed E-state index contributed by atoms with van der Waals surface area (Å²) >= 11 is 0. The highest BCUT2D eigenvalue weighted by Gasteiger charge is 2.17. The minimum absolute atomic E-state index is 0.0802. The van der Waals surface area contributed by atoms with E-state index in [0.29, 0.717) is 0 Å².